The zero-order valence-corrected chi connectivity index (χ0v) is 21.1. The summed E-state index contributed by atoms with van der Waals surface area (Å²) in [5.41, 5.74) is 5.01. The van der Waals surface area contributed by atoms with Crippen molar-refractivity contribution < 1.29 is 14.6 Å². The van der Waals surface area contributed by atoms with Crippen LogP contribution in [-0.2, 0) is 11.3 Å². The van der Waals surface area contributed by atoms with Crippen molar-refractivity contribution in [3.63, 3.8) is 0 Å². The van der Waals surface area contributed by atoms with Gasteiger partial charge < -0.3 is 19.9 Å². The van der Waals surface area contributed by atoms with Crippen LogP contribution in [0.25, 0.3) is 17.1 Å². The van der Waals surface area contributed by atoms with Crippen molar-refractivity contribution in [1.82, 2.24) is 14.8 Å². The largest absolute Gasteiger partial charge is 0.462 e. The third-order valence-electron chi connectivity index (χ3n) is 5.52. The number of aliphatic hydroxyl groups excluding tert-OH is 1. The van der Waals surface area contributed by atoms with Gasteiger partial charge in [0.05, 0.1) is 31.6 Å². The molecule has 0 radical (unpaired) electrons. The van der Waals surface area contributed by atoms with E-state index < -0.39 is 6.10 Å². The number of anilines is 1. The molecule has 0 spiro atoms. The number of hydrogen-bond acceptors (Lipinski definition) is 6. The number of hydrogen-bond donors (Lipinski definition) is 2. The fourth-order valence-electron chi connectivity index (χ4n) is 3.57. The average Bonchev–Trinajstić information content (AvgIpc) is 3.32. The molecule has 0 saturated heterocycles. The van der Waals surface area contributed by atoms with Crippen molar-refractivity contribution in [3.05, 3.63) is 90.0 Å². The summed E-state index contributed by atoms with van der Waals surface area (Å²) >= 11 is 0. The molecular formula is C29H34N4O3. The van der Waals surface area contributed by atoms with Crippen molar-refractivity contribution in [2.24, 2.45) is 5.92 Å². The summed E-state index contributed by atoms with van der Waals surface area (Å²) in [5, 5.41) is 18.2. The van der Waals surface area contributed by atoms with Crippen molar-refractivity contribution in [1.29, 1.82) is 0 Å². The Morgan fingerprint density at radius 1 is 0.917 bits per heavy atom. The number of ether oxygens (including phenoxy) is 2. The first kappa shape index (κ1) is 25.4. The average molecular weight is 487 g/mol. The van der Waals surface area contributed by atoms with Gasteiger partial charge in [0.2, 0.25) is 0 Å². The Bertz CT molecular complexity index is 1210. The Morgan fingerprint density at radius 3 is 2.33 bits per heavy atom. The van der Waals surface area contributed by atoms with E-state index in [1.54, 1.807) is 4.68 Å². The van der Waals surface area contributed by atoms with Gasteiger partial charge in [0, 0.05) is 17.8 Å². The molecule has 0 fully saturated rings. The lowest BCUT2D eigenvalue weighted by Gasteiger charge is -2.14. The van der Waals surface area contributed by atoms with Gasteiger partial charge in [0.15, 0.2) is 5.82 Å². The molecule has 1 unspecified atom stereocenters. The third-order valence-corrected chi connectivity index (χ3v) is 5.52. The van der Waals surface area contributed by atoms with Gasteiger partial charge in [0.1, 0.15) is 0 Å². The molecule has 0 bridgehead atoms. The van der Waals surface area contributed by atoms with Gasteiger partial charge in [-0.3, -0.25) is 0 Å². The van der Waals surface area contributed by atoms with Gasteiger partial charge in [-0.1, -0.05) is 74.0 Å². The molecule has 0 aliphatic carbocycles. The normalized spacial score (nSPS) is 12.0. The van der Waals surface area contributed by atoms with Crippen LogP contribution in [0.1, 0.15) is 25.0 Å². The highest BCUT2D eigenvalue weighted by molar-refractivity contribution is 5.60. The summed E-state index contributed by atoms with van der Waals surface area (Å²) in [6, 6.07) is 26.4. The van der Waals surface area contributed by atoms with Gasteiger partial charge in [-0.25, -0.2) is 4.68 Å². The number of aromatic nitrogens is 3. The van der Waals surface area contributed by atoms with Gasteiger partial charge in [-0.2, -0.15) is 4.98 Å². The van der Waals surface area contributed by atoms with Crippen LogP contribution in [-0.4, -0.2) is 45.7 Å². The molecule has 4 aromatic rings. The molecule has 1 heterocycles. The maximum Gasteiger partial charge on any atom is 0.336 e. The first-order valence-electron chi connectivity index (χ1n) is 12.3. The molecule has 1 aromatic heterocycles. The Hall–Kier alpha value is -3.68. The second-order valence-corrected chi connectivity index (χ2v) is 9.28. The molecule has 7 nitrogen and oxygen atoms in total. The molecule has 7 heteroatoms. The molecule has 3 aromatic carbocycles. The van der Waals surface area contributed by atoms with E-state index in [-0.39, 0.29) is 6.61 Å². The van der Waals surface area contributed by atoms with Crippen LogP contribution in [0.5, 0.6) is 6.01 Å². The summed E-state index contributed by atoms with van der Waals surface area (Å²) in [5.74, 6) is 1.10. The monoisotopic (exact) mass is 486 g/mol. The fourth-order valence-corrected chi connectivity index (χ4v) is 3.57. The summed E-state index contributed by atoms with van der Waals surface area (Å²) in [6.07, 6.45) is -0.613. The summed E-state index contributed by atoms with van der Waals surface area (Å²) in [6.45, 7) is 7.93. The van der Waals surface area contributed by atoms with Crippen LogP contribution in [0, 0.1) is 12.8 Å². The minimum absolute atomic E-state index is 0.262. The molecule has 1 atom stereocenters. The van der Waals surface area contributed by atoms with E-state index >= 15 is 0 Å². The van der Waals surface area contributed by atoms with E-state index in [1.165, 1.54) is 5.56 Å². The van der Waals surface area contributed by atoms with Crippen molar-refractivity contribution in [3.8, 4) is 23.1 Å². The summed E-state index contributed by atoms with van der Waals surface area (Å²) < 4.78 is 13.2. The molecule has 188 valence electrons. The third kappa shape index (κ3) is 7.16. The maximum absolute atomic E-state index is 10.3. The SMILES string of the molecule is Cc1ccc(-c2nc(OCC(C)C)nn2-c2ccc(NCC(O)COCc3ccccc3)cc2)cc1. The van der Waals surface area contributed by atoms with E-state index in [9.17, 15) is 5.11 Å². The number of aliphatic hydroxyl groups is 1. The standard InChI is InChI=1S/C29H34N4O3/c1-21(2)18-36-29-31-28(24-11-9-22(3)10-12-24)33(32-29)26-15-13-25(14-16-26)30-17-27(34)20-35-19-23-7-5-4-6-8-23/h4-16,21,27,30,34H,17-20H2,1-3H3. The first-order chi connectivity index (χ1) is 17.5. The lowest BCUT2D eigenvalue weighted by atomic mass is 10.1. The van der Waals surface area contributed by atoms with E-state index in [0.717, 1.165) is 28.3 Å². The minimum Gasteiger partial charge on any atom is -0.462 e. The lowest BCUT2D eigenvalue weighted by molar-refractivity contribution is 0.0348. The molecule has 0 aliphatic heterocycles. The molecule has 4 rings (SSSR count). The summed E-state index contributed by atoms with van der Waals surface area (Å²) in [4.78, 5) is 4.66. The van der Waals surface area contributed by atoms with E-state index in [0.29, 0.717) is 31.7 Å². The second kappa shape index (κ2) is 12.3. The van der Waals surface area contributed by atoms with Gasteiger partial charge in [0.25, 0.3) is 0 Å². The Kier molecular flexibility index (Phi) is 8.71. The van der Waals surface area contributed by atoms with E-state index in [1.807, 2.05) is 66.7 Å². The maximum atomic E-state index is 10.3. The number of benzene rings is 3. The topological polar surface area (TPSA) is 81.4 Å². The fraction of sp³-hybridized carbons (Fsp3) is 0.310. The lowest BCUT2D eigenvalue weighted by Crippen LogP contribution is -2.24. The highest BCUT2D eigenvalue weighted by atomic mass is 16.5. The van der Waals surface area contributed by atoms with Crippen molar-refractivity contribution in [2.75, 3.05) is 25.1 Å². The van der Waals surface area contributed by atoms with Gasteiger partial charge in [-0.15, -0.1) is 5.10 Å². The molecule has 0 saturated carbocycles. The quantitative estimate of drug-likeness (QED) is 0.284. The number of nitrogens with one attached hydrogen (secondary N) is 1. The van der Waals surface area contributed by atoms with Gasteiger partial charge in [-0.05, 0) is 42.7 Å². The highest BCUT2D eigenvalue weighted by Gasteiger charge is 2.15. The summed E-state index contributed by atoms with van der Waals surface area (Å²) in [7, 11) is 0. The highest BCUT2D eigenvalue weighted by Crippen LogP contribution is 2.25. The number of aryl methyl sites for hydroxylation is 1. The Morgan fingerprint density at radius 2 is 1.64 bits per heavy atom. The van der Waals surface area contributed by atoms with Crippen LogP contribution in [0.4, 0.5) is 5.69 Å². The smallest absolute Gasteiger partial charge is 0.336 e. The first-order valence-corrected chi connectivity index (χ1v) is 12.3. The van der Waals surface area contributed by atoms with Gasteiger partial charge >= 0.3 is 6.01 Å². The minimum atomic E-state index is -0.613. The Labute approximate surface area is 212 Å². The van der Waals surface area contributed by atoms with Crippen LogP contribution in [0.3, 0.4) is 0 Å². The van der Waals surface area contributed by atoms with Crippen LogP contribution in [0.2, 0.25) is 0 Å². The predicted octanol–water partition coefficient (Wildman–Crippen LogP) is 5.27. The molecule has 36 heavy (non-hydrogen) atoms. The predicted molar refractivity (Wildman–Crippen MR) is 142 cm³/mol. The number of rotatable bonds is 12. The second-order valence-electron chi connectivity index (χ2n) is 9.28. The van der Waals surface area contributed by atoms with Crippen LogP contribution < -0.4 is 10.1 Å². The van der Waals surface area contributed by atoms with Crippen molar-refractivity contribution >= 4 is 5.69 Å². The van der Waals surface area contributed by atoms with Crippen LogP contribution in [0.15, 0.2) is 78.9 Å². The molecule has 2 N–H and O–H groups in total. The molecular weight excluding hydrogens is 452 g/mol. The molecule has 0 aliphatic rings. The number of nitrogens with zero attached hydrogens (tertiary/aromatic N) is 3. The zero-order valence-electron chi connectivity index (χ0n) is 21.1. The zero-order chi connectivity index (χ0) is 25.3. The Balaban J connectivity index is 1.39. The van der Waals surface area contributed by atoms with E-state index in [2.05, 4.69) is 48.3 Å². The van der Waals surface area contributed by atoms with Crippen molar-refractivity contribution in [2.45, 2.75) is 33.5 Å². The van der Waals surface area contributed by atoms with Crippen LogP contribution >= 0.6 is 0 Å². The molecule has 0 amide bonds. The van der Waals surface area contributed by atoms with E-state index in [4.69, 9.17) is 9.47 Å².